The Bertz CT molecular complexity index is 942. The molecule has 0 atom stereocenters. The van der Waals surface area contributed by atoms with E-state index in [4.69, 9.17) is 23.8 Å². The molecule has 2 aromatic carbocycles. The lowest BCUT2D eigenvalue weighted by atomic mass is 10.2. The first-order chi connectivity index (χ1) is 12.8. The van der Waals surface area contributed by atoms with Crippen molar-refractivity contribution < 1.29 is 9.59 Å². The topological polar surface area (TPSA) is 52.7 Å². The van der Waals surface area contributed by atoms with Crippen molar-refractivity contribution in [3.05, 3.63) is 69.6 Å². The largest absolute Gasteiger partial charge is 0.378 e. The molecule has 2 aromatic rings. The normalized spacial score (nSPS) is 15.4. The van der Waals surface area contributed by atoms with Crippen molar-refractivity contribution >= 4 is 63.5 Å². The van der Waals surface area contributed by atoms with Crippen LogP contribution in [-0.2, 0) is 0 Å². The zero-order chi connectivity index (χ0) is 19.6. The van der Waals surface area contributed by atoms with Gasteiger partial charge in [0.05, 0.1) is 4.91 Å². The van der Waals surface area contributed by atoms with Crippen molar-refractivity contribution in [2.24, 2.45) is 0 Å². The summed E-state index contributed by atoms with van der Waals surface area (Å²) in [6.07, 6.45) is 1.83. The smallest absolute Gasteiger partial charge is 0.310 e. The van der Waals surface area contributed by atoms with Crippen LogP contribution in [0.4, 0.5) is 10.5 Å². The minimum atomic E-state index is -0.453. The lowest BCUT2D eigenvalue weighted by molar-refractivity contribution is 0.0896. The fourth-order valence-corrected chi connectivity index (χ4v) is 3.73. The second kappa shape index (κ2) is 8.12. The van der Waals surface area contributed by atoms with Gasteiger partial charge in [-0.25, -0.2) is 0 Å². The molecule has 1 aliphatic rings. The minimum Gasteiger partial charge on any atom is -0.378 e. The molecule has 1 aliphatic heterocycles. The standard InChI is InChI=1S/C19H16ClN3O2S2/c1-22(2)15-8-6-12(7-9-15)10-16-18(26)23(19(25)27-16)21-17(24)13-4-3-5-14(20)11-13/h3-11H,1-2H3,(H,21,24)/b16-10+. The fraction of sp³-hybridized carbons (Fsp3) is 0.105. The van der Waals surface area contributed by atoms with E-state index in [-0.39, 0.29) is 10.2 Å². The molecule has 0 bridgehead atoms. The summed E-state index contributed by atoms with van der Waals surface area (Å²) in [4.78, 5) is 27.5. The van der Waals surface area contributed by atoms with E-state index in [1.54, 1.807) is 18.2 Å². The van der Waals surface area contributed by atoms with Gasteiger partial charge in [0, 0.05) is 30.4 Å². The third kappa shape index (κ3) is 4.50. The first kappa shape index (κ1) is 19.4. The Balaban J connectivity index is 1.75. The van der Waals surface area contributed by atoms with Crippen LogP contribution in [0.1, 0.15) is 15.9 Å². The maximum atomic E-state index is 12.4. The molecule has 3 rings (SSSR count). The number of thioether (sulfide) groups is 1. The molecule has 0 radical (unpaired) electrons. The number of hydrazine groups is 1. The van der Waals surface area contributed by atoms with Crippen LogP contribution in [0.2, 0.25) is 5.02 Å². The highest BCUT2D eigenvalue weighted by molar-refractivity contribution is 8.19. The molecule has 27 heavy (non-hydrogen) atoms. The van der Waals surface area contributed by atoms with Gasteiger partial charge >= 0.3 is 5.24 Å². The predicted molar refractivity (Wildman–Crippen MR) is 115 cm³/mol. The number of thiocarbonyl (C=S) groups is 1. The predicted octanol–water partition coefficient (Wildman–Crippen LogP) is 4.59. The molecule has 2 amide bonds. The van der Waals surface area contributed by atoms with Gasteiger partial charge in [-0.1, -0.05) is 42.0 Å². The van der Waals surface area contributed by atoms with Gasteiger partial charge < -0.3 is 4.90 Å². The number of hydrogen-bond acceptors (Lipinski definition) is 5. The summed E-state index contributed by atoms with van der Waals surface area (Å²) in [6, 6.07) is 14.3. The third-order valence-corrected chi connectivity index (χ3v) is 5.46. The summed E-state index contributed by atoms with van der Waals surface area (Å²) in [5.41, 5.74) is 4.88. The summed E-state index contributed by atoms with van der Waals surface area (Å²) in [6.45, 7) is 0. The number of carbonyl (C=O) groups excluding carboxylic acids is 2. The summed E-state index contributed by atoms with van der Waals surface area (Å²) in [7, 11) is 3.93. The van der Waals surface area contributed by atoms with Gasteiger partial charge in [-0.3, -0.25) is 15.0 Å². The maximum Gasteiger partial charge on any atom is 0.310 e. The highest BCUT2D eigenvalue weighted by Gasteiger charge is 2.33. The molecule has 1 saturated heterocycles. The number of nitrogens with one attached hydrogen (secondary N) is 1. The molecule has 1 fully saturated rings. The first-order valence-corrected chi connectivity index (χ1v) is 9.57. The number of nitrogens with zero attached hydrogens (tertiary/aromatic N) is 2. The van der Waals surface area contributed by atoms with Gasteiger partial charge in [0.2, 0.25) is 0 Å². The zero-order valence-electron chi connectivity index (χ0n) is 14.6. The Hall–Kier alpha value is -2.35. The third-order valence-electron chi connectivity index (χ3n) is 3.80. The van der Waals surface area contributed by atoms with Crippen LogP contribution >= 0.6 is 35.6 Å². The average Bonchev–Trinajstić information content (AvgIpc) is 2.89. The second-order valence-corrected chi connectivity index (χ2v) is 7.77. The van der Waals surface area contributed by atoms with E-state index in [9.17, 15) is 9.59 Å². The van der Waals surface area contributed by atoms with E-state index < -0.39 is 5.91 Å². The van der Waals surface area contributed by atoms with Crippen LogP contribution < -0.4 is 10.3 Å². The van der Waals surface area contributed by atoms with Crippen LogP contribution in [-0.4, -0.2) is 35.2 Å². The van der Waals surface area contributed by atoms with E-state index in [2.05, 4.69) is 5.43 Å². The molecule has 5 nitrogen and oxygen atoms in total. The van der Waals surface area contributed by atoms with Crippen LogP contribution in [0, 0.1) is 0 Å². The maximum absolute atomic E-state index is 12.4. The molecule has 1 heterocycles. The average molecular weight is 418 g/mol. The molecule has 1 N–H and O–H groups in total. The van der Waals surface area contributed by atoms with Crippen LogP contribution in [0.25, 0.3) is 6.08 Å². The van der Waals surface area contributed by atoms with Gasteiger partial charge in [-0.05, 0) is 53.7 Å². The number of amides is 2. The highest BCUT2D eigenvalue weighted by Crippen LogP contribution is 2.32. The number of hydrogen-bond donors (Lipinski definition) is 1. The molecule has 8 heteroatoms. The molecule has 138 valence electrons. The van der Waals surface area contributed by atoms with Crippen molar-refractivity contribution in [2.75, 3.05) is 19.0 Å². The quantitative estimate of drug-likeness (QED) is 0.582. The number of anilines is 1. The van der Waals surface area contributed by atoms with E-state index in [1.807, 2.05) is 49.3 Å². The monoisotopic (exact) mass is 417 g/mol. The molecule has 0 unspecified atom stereocenters. The van der Waals surface area contributed by atoms with Crippen LogP contribution in [0.3, 0.4) is 0 Å². The Morgan fingerprint density at radius 3 is 2.56 bits per heavy atom. The Kier molecular flexibility index (Phi) is 5.84. The lowest BCUT2D eigenvalue weighted by Crippen LogP contribution is -2.44. The number of rotatable bonds is 4. The molecule has 0 saturated carbocycles. The molecular weight excluding hydrogens is 402 g/mol. The van der Waals surface area contributed by atoms with E-state index in [0.29, 0.717) is 15.5 Å². The first-order valence-electron chi connectivity index (χ1n) is 7.97. The van der Waals surface area contributed by atoms with E-state index >= 15 is 0 Å². The fourth-order valence-electron chi connectivity index (χ4n) is 2.38. The van der Waals surface area contributed by atoms with E-state index in [1.165, 1.54) is 6.07 Å². The SMILES string of the molecule is CN(C)c1ccc(/C=C2/SC(=O)N(NC(=O)c3cccc(Cl)c3)C2=S)cc1. The second-order valence-electron chi connectivity index (χ2n) is 5.95. The highest BCUT2D eigenvalue weighted by atomic mass is 35.5. The van der Waals surface area contributed by atoms with Gasteiger partial charge in [0.15, 0.2) is 0 Å². The van der Waals surface area contributed by atoms with Gasteiger partial charge in [0.1, 0.15) is 4.99 Å². The van der Waals surface area contributed by atoms with Crippen molar-refractivity contribution in [3.8, 4) is 0 Å². The Morgan fingerprint density at radius 2 is 1.93 bits per heavy atom. The van der Waals surface area contributed by atoms with Crippen molar-refractivity contribution in [2.45, 2.75) is 0 Å². The molecule has 0 spiro atoms. The van der Waals surface area contributed by atoms with Gasteiger partial charge in [-0.2, -0.15) is 5.01 Å². The van der Waals surface area contributed by atoms with Gasteiger partial charge in [-0.15, -0.1) is 0 Å². The van der Waals surface area contributed by atoms with Gasteiger partial charge in [0.25, 0.3) is 5.91 Å². The molecule has 0 aliphatic carbocycles. The minimum absolute atomic E-state index is 0.261. The summed E-state index contributed by atoms with van der Waals surface area (Å²) in [5.74, 6) is -0.453. The van der Waals surface area contributed by atoms with Crippen LogP contribution in [0.15, 0.2) is 53.4 Å². The van der Waals surface area contributed by atoms with Crippen molar-refractivity contribution in [1.29, 1.82) is 0 Å². The summed E-state index contributed by atoms with van der Waals surface area (Å²) >= 11 is 12.3. The Labute approximate surface area is 171 Å². The number of benzene rings is 2. The number of carbonyl (C=O) groups is 2. The molecule has 0 aromatic heterocycles. The summed E-state index contributed by atoms with van der Waals surface area (Å²) in [5, 5.41) is 1.17. The van der Waals surface area contributed by atoms with Crippen molar-refractivity contribution in [3.63, 3.8) is 0 Å². The Morgan fingerprint density at radius 1 is 1.22 bits per heavy atom. The zero-order valence-corrected chi connectivity index (χ0v) is 17.0. The molecular formula is C19H16ClN3O2S2. The number of halogens is 1. The lowest BCUT2D eigenvalue weighted by Gasteiger charge is -2.16. The van der Waals surface area contributed by atoms with Crippen LogP contribution in [0.5, 0.6) is 0 Å². The van der Waals surface area contributed by atoms with Crippen molar-refractivity contribution in [1.82, 2.24) is 10.4 Å². The summed E-state index contributed by atoms with van der Waals surface area (Å²) < 4.78 is 0. The van der Waals surface area contributed by atoms with E-state index in [0.717, 1.165) is 28.0 Å².